The summed E-state index contributed by atoms with van der Waals surface area (Å²) in [6, 6.07) is 13.4. The molecule has 2 N–H and O–H groups in total. The zero-order valence-corrected chi connectivity index (χ0v) is 11.3. The summed E-state index contributed by atoms with van der Waals surface area (Å²) in [7, 11) is 0. The first-order chi connectivity index (χ1) is 10.3. The van der Waals surface area contributed by atoms with Gasteiger partial charge in [0.25, 0.3) is 0 Å². The Hall–Kier alpha value is -2.95. The molecule has 3 rings (SSSR count). The van der Waals surface area contributed by atoms with Gasteiger partial charge in [0.05, 0.1) is 5.69 Å². The molecule has 21 heavy (non-hydrogen) atoms. The monoisotopic (exact) mass is 278 g/mol. The molecule has 104 valence electrons. The number of para-hydroxylation sites is 1. The van der Waals surface area contributed by atoms with Crippen LogP contribution >= 0.6 is 0 Å². The van der Waals surface area contributed by atoms with E-state index in [1.807, 2.05) is 42.5 Å². The number of pyridine rings is 1. The lowest BCUT2D eigenvalue weighted by Gasteiger charge is -2.11. The van der Waals surface area contributed by atoms with Crippen LogP contribution in [-0.2, 0) is 6.61 Å². The fraction of sp³-hybridized carbons (Fsp3) is 0.0625. The molecule has 0 aliphatic rings. The molecule has 0 aliphatic heterocycles. The van der Waals surface area contributed by atoms with Crippen LogP contribution in [0.1, 0.15) is 5.56 Å². The van der Waals surface area contributed by atoms with E-state index < -0.39 is 0 Å². The Morgan fingerprint density at radius 1 is 0.952 bits per heavy atom. The lowest BCUT2D eigenvalue weighted by molar-refractivity contribution is 0.307. The summed E-state index contributed by atoms with van der Waals surface area (Å²) in [5.74, 6) is 1.00. The standard InChI is InChI=1S/C16H14N4O/c17-16-19-10-7-14(20-16)13-3-1-2-4-15(13)21-11-12-5-8-18-9-6-12/h1-10H,11H2,(H2,17,19,20). The molecule has 5 heteroatoms. The third kappa shape index (κ3) is 3.14. The van der Waals surface area contributed by atoms with E-state index in [1.54, 1.807) is 18.6 Å². The van der Waals surface area contributed by atoms with Crippen LogP contribution in [0, 0.1) is 0 Å². The lowest BCUT2D eigenvalue weighted by Crippen LogP contribution is -1.99. The highest BCUT2D eigenvalue weighted by Crippen LogP contribution is 2.28. The van der Waals surface area contributed by atoms with E-state index in [0.29, 0.717) is 6.61 Å². The second-order valence-corrected chi connectivity index (χ2v) is 4.44. The van der Waals surface area contributed by atoms with Crippen molar-refractivity contribution < 1.29 is 4.74 Å². The van der Waals surface area contributed by atoms with Gasteiger partial charge < -0.3 is 10.5 Å². The zero-order valence-electron chi connectivity index (χ0n) is 11.3. The van der Waals surface area contributed by atoms with Crippen molar-refractivity contribution in [1.82, 2.24) is 15.0 Å². The van der Waals surface area contributed by atoms with Crippen molar-refractivity contribution >= 4 is 5.95 Å². The number of ether oxygens (including phenoxy) is 1. The van der Waals surface area contributed by atoms with Gasteiger partial charge in [0.15, 0.2) is 0 Å². The summed E-state index contributed by atoms with van der Waals surface area (Å²) >= 11 is 0. The molecule has 0 aliphatic carbocycles. The smallest absolute Gasteiger partial charge is 0.220 e. The van der Waals surface area contributed by atoms with Gasteiger partial charge in [-0.3, -0.25) is 4.98 Å². The molecule has 0 saturated carbocycles. The Morgan fingerprint density at radius 3 is 2.57 bits per heavy atom. The fourth-order valence-corrected chi connectivity index (χ4v) is 1.97. The Labute approximate surface area is 122 Å². The minimum absolute atomic E-state index is 0.247. The maximum absolute atomic E-state index is 5.89. The Morgan fingerprint density at radius 2 is 1.76 bits per heavy atom. The third-order valence-electron chi connectivity index (χ3n) is 2.98. The van der Waals surface area contributed by atoms with E-state index in [0.717, 1.165) is 22.6 Å². The predicted molar refractivity (Wildman–Crippen MR) is 80.4 cm³/mol. The summed E-state index contributed by atoms with van der Waals surface area (Å²) < 4.78 is 5.89. The van der Waals surface area contributed by atoms with E-state index >= 15 is 0 Å². The average molecular weight is 278 g/mol. The lowest BCUT2D eigenvalue weighted by atomic mass is 10.1. The maximum Gasteiger partial charge on any atom is 0.220 e. The van der Waals surface area contributed by atoms with Gasteiger partial charge in [0.2, 0.25) is 5.95 Å². The topological polar surface area (TPSA) is 73.9 Å². The van der Waals surface area contributed by atoms with Crippen LogP contribution < -0.4 is 10.5 Å². The first-order valence-electron chi connectivity index (χ1n) is 6.52. The first-order valence-corrected chi connectivity index (χ1v) is 6.52. The molecule has 0 unspecified atom stereocenters. The van der Waals surface area contributed by atoms with Crippen LogP contribution in [0.25, 0.3) is 11.3 Å². The van der Waals surface area contributed by atoms with Crippen molar-refractivity contribution in [1.29, 1.82) is 0 Å². The second-order valence-electron chi connectivity index (χ2n) is 4.44. The number of hydrogen-bond acceptors (Lipinski definition) is 5. The van der Waals surface area contributed by atoms with Gasteiger partial charge in [0.1, 0.15) is 12.4 Å². The molecule has 0 fully saturated rings. The molecule has 0 bridgehead atoms. The van der Waals surface area contributed by atoms with Crippen molar-refractivity contribution in [2.45, 2.75) is 6.61 Å². The van der Waals surface area contributed by atoms with Crippen LogP contribution in [0.15, 0.2) is 61.1 Å². The second kappa shape index (κ2) is 6.00. The summed E-state index contributed by atoms with van der Waals surface area (Å²) in [5.41, 5.74) is 8.33. The average Bonchev–Trinajstić information content (AvgIpc) is 2.54. The summed E-state index contributed by atoms with van der Waals surface area (Å²) in [6.45, 7) is 0.472. The highest BCUT2D eigenvalue weighted by molar-refractivity contribution is 5.67. The Kier molecular flexibility index (Phi) is 3.73. The van der Waals surface area contributed by atoms with Crippen molar-refractivity contribution in [2.24, 2.45) is 0 Å². The third-order valence-corrected chi connectivity index (χ3v) is 2.98. The number of nitrogens with zero attached hydrogens (tertiary/aromatic N) is 3. The molecule has 5 nitrogen and oxygen atoms in total. The van der Waals surface area contributed by atoms with Gasteiger partial charge in [-0.05, 0) is 35.9 Å². The molecule has 2 heterocycles. The van der Waals surface area contributed by atoms with Crippen molar-refractivity contribution in [3.8, 4) is 17.0 Å². The highest BCUT2D eigenvalue weighted by atomic mass is 16.5. The van der Waals surface area contributed by atoms with Crippen molar-refractivity contribution in [2.75, 3.05) is 5.73 Å². The quantitative estimate of drug-likeness (QED) is 0.794. The Bertz CT molecular complexity index is 731. The van der Waals surface area contributed by atoms with Gasteiger partial charge in [-0.1, -0.05) is 12.1 Å². The molecule has 0 spiro atoms. The van der Waals surface area contributed by atoms with Crippen LogP contribution in [0.4, 0.5) is 5.95 Å². The van der Waals surface area contributed by atoms with Gasteiger partial charge in [-0.2, -0.15) is 0 Å². The van der Waals surface area contributed by atoms with E-state index in [-0.39, 0.29) is 5.95 Å². The summed E-state index contributed by atoms with van der Waals surface area (Å²) in [6.07, 6.45) is 5.13. The van der Waals surface area contributed by atoms with Gasteiger partial charge >= 0.3 is 0 Å². The number of hydrogen-bond donors (Lipinski definition) is 1. The molecule has 2 aromatic heterocycles. The maximum atomic E-state index is 5.89. The molecule has 0 amide bonds. The van der Waals surface area contributed by atoms with Crippen LogP contribution in [0.5, 0.6) is 5.75 Å². The van der Waals surface area contributed by atoms with Gasteiger partial charge in [-0.15, -0.1) is 0 Å². The number of aromatic nitrogens is 3. The summed E-state index contributed by atoms with van der Waals surface area (Å²) in [5, 5.41) is 0. The summed E-state index contributed by atoms with van der Waals surface area (Å²) in [4.78, 5) is 12.1. The Balaban J connectivity index is 1.86. The van der Waals surface area contributed by atoms with E-state index in [4.69, 9.17) is 10.5 Å². The number of anilines is 1. The van der Waals surface area contributed by atoms with E-state index in [2.05, 4.69) is 15.0 Å². The van der Waals surface area contributed by atoms with Crippen molar-refractivity contribution in [3.05, 3.63) is 66.6 Å². The zero-order chi connectivity index (χ0) is 14.5. The number of nitrogen functional groups attached to an aromatic ring is 1. The van der Waals surface area contributed by atoms with Gasteiger partial charge in [0, 0.05) is 24.2 Å². The normalized spacial score (nSPS) is 10.3. The largest absolute Gasteiger partial charge is 0.488 e. The molecule has 3 aromatic rings. The van der Waals surface area contributed by atoms with Crippen molar-refractivity contribution in [3.63, 3.8) is 0 Å². The molecular formula is C16H14N4O. The predicted octanol–water partition coefficient (Wildman–Crippen LogP) is 2.70. The first kappa shape index (κ1) is 13.1. The number of rotatable bonds is 4. The van der Waals surface area contributed by atoms with Crippen LogP contribution in [0.3, 0.4) is 0 Å². The highest BCUT2D eigenvalue weighted by Gasteiger charge is 2.08. The number of nitrogens with two attached hydrogens (primary N) is 1. The molecule has 0 saturated heterocycles. The minimum Gasteiger partial charge on any atom is -0.488 e. The fourth-order valence-electron chi connectivity index (χ4n) is 1.97. The molecular weight excluding hydrogens is 264 g/mol. The van der Waals surface area contributed by atoms with E-state index in [1.165, 1.54) is 0 Å². The molecule has 0 atom stereocenters. The van der Waals surface area contributed by atoms with Crippen LogP contribution in [0.2, 0.25) is 0 Å². The van der Waals surface area contributed by atoms with E-state index in [9.17, 15) is 0 Å². The van der Waals surface area contributed by atoms with Crippen LogP contribution in [-0.4, -0.2) is 15.0 Å². The number of benzene rings is 1. The SMILES string of the molecule is Nc1nccc(-c2ccccc2OCc2ccncc2)n1. The van der Waals surface area contributed by atoms with Gasteiger partial charge in [-0.25, -0.2) is 9.97 Å². The minimum atomic E-state index is 0.247. The molecule has 0 radical (unpaired) electrons. The molecule has 1 aromatic carbocycles.